The lowest BCUT2D eigenvalue weighted by atomic mass is 10.0. The molecule has 1 aromatic heterocycles. The summed E-state index contributed by atoms with van der Waals surface area (Å²) >= 11 is 0. The number of amides is 1. The molecule has 0 radical (unpaired) electrons. The number of halogens is 6. The molecule has 1 amide bonds. The summed E-state index contributed by atoms with van der Waals surface area (Å²) in [7, 11) is 0. The second-order valence-corrected chi connectivity index (χ2v) is 5.73. The Morgan fingerprint density at radius 3 is 1.89 bits per heavy atom. The van der Waals surface area contributed by atoms with E-state index in [0.717, 1.165) is 4.90 Å². The van der Waals surface area contributed by atoms with Crippen molar-refractivity contribution in [1.82, 2.24) is 10.1 Å². The third kappa shape index (κ3) is 5.48. The van der Waals surface area contributed by atoms with Gasteiger partial charge in [-0.3, -0.25) is 4.79 Å². The third-order valence-electron chi connectivity index (χ3n) is 3.72. The molecule has 0 aliphatic rings. The van der Waals surface area contributed by atoms with E-state index < -0.39 is 30.0 Å². The Labute approximate surface area is 151 Å². The summed E-state index contributed by atoms with van der Waals surface area (Å²) in [6, 6.07) is 1.24. The molecule has 0 fully saturated rings. The summed E-state index contributed by atoms with van der Waals surface area (Å²) in [5.74, 6) is 0.411. The van der Waals surface area contributed by atoms with E-state index in [9.17, 15) is 31.1 Å². The summed E-state index contributed by atoms with van der Waals surface area (Å²) in [5.41, 5.74) is -2.11. The van der Waals surface area contributed by atoms with Crippen LogP contribution in [0, 0.1) is 13.8 Å². The van der Waals surface area contributed by atoms with Crippen molar-refractivity contribution in [2.75, 3.05) is 0 Å². The quantitative estimate of drug-likeness (QED) is 0.520. The molecule has 2 aromatic rings. The van der Waals surface area contributed by atoms with Gasteiger partial charge in [-0.1, -0.05) is 12.6 Å². The van der Waals surface area contributed by atoms with Crippen LogP contribution < -0.4 is 0 Å². The Hall–Kier alpha value is -2.52. The van der Waals surface area contributed by atoms with Crippen LogP contribution in [0.25, 0.3) is 0 Å². The standard InChI is InChI=1S/C16H14F6N2O2.CH4/c1-9-14(10(2)26-23-9)7-24(8-25)6-11-3-12(15(17,18)19)5-13(4-11)16(20,21)22;/h3-5,8H,6-7H2,1-2H3;1H4. The maximum atomic E-state index is 12.9. The van der Waals surface area contributed by atoms with Crippen molar-refractivity contribution in [2.45, 2.75) is 46.7 Å². The number of hydrogen-bond acceptors (Lipinski definition) is 3. The van der Waals surface area contributed by atoms with Crippen LogP contribution in [0.3, 0.4) is 0 Å². The van der Waals surface area contributed by atoms with Gasteiger partial charge in [-0.15, -0.1) is 0 Å². The zero-order valence-corrected chi connectivity index (χ0v) is 13.7. The Morgan fingerprint density at radius 1 is 1.00 bits per heavy atom. The van der Waals surface area contributed by atoms with Gasteiger partial charge >= 0.3 is 12.4 Å². The average molecular weight is 396 g/mol. The Bertz CT molecular complexity index is 744. The maximum absolute atomic E-state index is 12.9. The molecule has 0 saturated carbocycles. The summed E-state index contributed by atoms with van der Waals surface area (Å²) in [6.07, 6.45) is -9.53. The molecule has 2 rings (SSSR count). The normalized spacial score (nSPS) is 11.9. The highest BCUT2D eigenvalue weighted by molar-refractivity contribution is 5.48. The van der Waals surface area contributed by atoms with Crippen molar-refractivity contribution in [3.05, 3.63) is 51.9 Å². The Balaban J connectivity index is 0.00000364. The Morgan fingerprint density at radius 2 is 1.52 bits per heavy atom. The van der Waals surface area contributed by atoms with Crippen LogP contribution in [0.2, 0.25) is 0 Å². The average Bonchev–Trinajstić information content (AvgIpc) is 2.84. The second-order valence-electron chi connectivity index (χ2n) is 5.73. The number of rotatable bonds is 5. The molecule has 0 spiro atoms. The van der Waals surface area contributed by atoms with Crippen LogP contribution in [0.5, 0.6) is 0 Å². The van der Waals surface area contributed by atoms with Gasteiger partial charge in [0.1, 0.15) is 5.76 Å². The van der Waals surface area contributed by atoms with E-state index in [4.69, 9.17) is 4.52 Å². The molecule has 150 valence electrons. The van der Waals surface area contributed by atoms with Gasteiger partial charge < -0.3 is 9.42 Å². The van der Waals surface area contributed by atoms with Gasteiger partial charge in [0.05, 0.1) is 23.4 Å². The van der Waals surface area contributed by atoms with Gasteiger partial charge in [0.2, 0.25) is 6.41 Å². The van der Waals surface area contributed by atoms with Crippen molar-refractivity contribution in [3.8, 4) is 0 Å². The highest BCUT2D eigenvalue weighted by atomic mass is 19.4. The highest BCUT2D eigenvalue weighted by Crippen LogP contribution is 2.36. The highest BCUT2D eigenvalue weighted by Gasteiger charge is 2.37. The number of aromatic nitrogens is 1. The van der Waals surface area contributed by atoms with Gasteiger partial charge in [0, 0.05) is 12.1 Å². The fourth-order valence-corrected chi connectivity index (χ4v) is 2.41. The summed E-state index contributed by atoms with van der Waals surface area (Å²) in [6.45, 7) is 2.72. The molecule has 1 heterocycles. The van der Waals surface area contributed by atoms with Crippen LogP contribution in [0.1, 0.15) is 41.1 Å². The lowest BCUT2D eigenvalue weighted by Gasteiger charge is -2.19. The first kappa shape index (κ1) is 22.5. The predicted molar refractivity (Wildman–Crippen MR) is 84.5 cm³/mol. The molecule has 0 N–H and O–H groups in total. The van der Waals surface area contributed by atoms with Crippen LogP contribution >= 0.6 is 0 Å². The summed E-state index contributed by atoms with van der Waals surface area (Å²) in [4.78, 5) is 12.3. The van der Waals surface area contributed by atoms with Crippen molar-refractivity contribution in [2.24, 2.45) is 0 Å². The molecule has 0 aliphatic heterocycles. The van der Waals surface area contributed by atoms with Gasteiger partial charge in [0.15, 0.2) is 0 Å². The molecule has 0 saturated heterocycles. The van der Waals surface area contributed by atoms with E-state index >= 15 is 0 Å². The zero-order chi connectivity index (χ0) is 19.7. The van der Waals surface area contributed by atoms with E-state index in [1.807, 2.05) is 0 Å². The van der Waals surface area contributed by atoms with E-state index in [0.29, 0.717) is 35.6 Å². The Kier molecular flexibility index (Phi) is 6.68. The van der Waals surface area contributed by atoms with Crippen molar-refractivity contribution < 1.29 is 35.7 Å². The fraction of sp³-hybridized carbons (Fsp3) is 0.412. The predicted octanol–water partition coefficient (Wildman–Crippen LogP) is 5.12. The smallest absolute Gasteiger partial charge is 0.361 e. The fourth-order valence-electron chi connectivity index (χ4n) is 2.41. The zero-order valence-electron chi connectivity index (χ0n) is 13.7. The topological polar surface area (TPSA) is 46.3 Å². The molecule has 4 nitrogen and oxygen atoms in total. The van der Waals surface area contributed by atoms with Gasteiger partial charge in [-0.2, -0.15) is 26.3 Å². The molecular formula is C17H18F6N2O2. The first-order valence-electron chi connectivity index (χ1n) is 7.31. The lowest BCUT2D eigenvalue weighted by Crippen LogP contribution is -2.22. The summed E-state index contributed by atoms with van der Waals surface area (Å²) in [5, 5.41) is 3.69. The largest absolute Gasteiger partial charge is 0.416 e. The minimum atomic E-state index is -4.94. The lowest BCUT2D eigenvalue weighted by molar-refractivity contribution is -0.143. The molecule has 0 unspecified atom stereocenters. The second kappa shape index (κ2) is 8.01. The number of alkyl halides is 6. The minimum absolute atomic E-state index is 0. The minimum Gasteiger partial charge on any atom is -0.361 e. The molecule has 1 aromatic carbocycles. The van der Waals surface area contributed by atoms with Crippen molar-refractivity contribution in [3.63, 3.8) is 0 Å². The molecule has 0 atom stereocenters. The molecular weight excluding hydrogens is 378 g/mol. The van der Waals surface area contributed by atoms with Crippen LogP contribution in [0.15, 0.2) is 22.7 Å². The molecule has 0 aliphatic carbocycles. The van der Waals surface area contributed by atoms with Gasteiger partial charge in [-0.25, -0.2) is 0 Å². The first-order chi connectivity index (χ1) is 11.9. The van der Waals surface area contributed by atoms with E-state index in [1.54, 1.807) is 13.8 Å². The van der Waals surface area contributed by atoms with Crippen molar-refractivity contribution >= 4 is 6.41 Å². The molecule has 10 heteroatoms. The number of aryl methyl sites for hydroxylation is 2. The SMILES string of the molecule is C.Cc1noc(C)c1CN(C=O)Cc1cc(C(F)(F)F)cc(C(F)(F)F)c1. The van der Waals surface area contributed by atoms with Crippen LogP contribution in [-0.2, 0) is 30.2 Å². The maximum Gasteiger partial charge on any atom is 0.416 e. The van der Waals surface area contributed by atoms with E-state index in [-0.39, 0.29) is 25.6 Å². The number of benzene rings is 1. The monoisotopic (exact) mass is 396 g/mol. The number of nitrogens with zero attached hydrogens (tertiary/aromatic N) is 2. The molecule has 27 heavy (non-hydrogen) atoms. The van der Waals surface area contributed by atoms with Crippen molar-refractivity contribution in [1.29, 1.82) is 0 Å². The van der Waals surface area contributed by atoms with E-state index in [1.165, 1.54) is 0 Å². The number of hydrogen-bond donors (Lipinski definition) is 0. The summed E-state index contributed by atoms with van der Waals surface area (Å²) < 4.78 is 82.3. The van der Waals surface area contributed by atoms with Gasteiger partial charge in [-0.05, 0) is 37.6 Å². The van der Waals surface area contributed by atoms with Gasteiger partial charge in [0.25, 0.3) is 0 Å². The third-order valence-corrected chi connectivity index (χ3v) is 3.72. The number of carbonyl (C=O) groups is 1. The van der Waals surface area contributed by atoms with Crippen LogP contribution in [-0.4, -0.2) is 16.5 Å². The number of carbonyl (C=O) groups excluding carboxylic acids is 1. The first-order valence-corrected chi connectivity index (χ1v) is 7.31. The van der Waals surface area contributed by atoms with E-state index in [2.05, 4.69) is 5.16 Å². The molecule has 0 bridgehead atoms. The van der Waals surface area contributed by atoms with Crippen LogP contribution in [0.4, 0.5) is 26.3 Å².